The van der Waals surface area contributed by atoms with Gasteiger partial charge in [-0.25, -0.2) is 0 Å². The molecule has 1 aliphatic heterocycles. The lowest BCUT2D eigenvalue weighted by Crippen LogP contribution is -2.47. The Labute approximate surface area is 165 Å². The van der Waals surface area contributed by atoms with Gasteiger partial charge in [0.25, 0.3) is 0 Å². The van der Waals surface area contributed by atoms with Crippen molar-refractivity contribution in [2.24, 2.45) is 12.0 Å². The molecule has 154 valence electrons. The molecule has 1 fully saturated rings. The quantitative estimate of drug-likeness (QED) is 0.526. The van der Waals surface area contributed by atoms with Gasteiger partial charge < -0.3 is 15.5 Å². The van der Waals surface area contributed by atoms with Crippen molar-refractivity contribution in [3.05, 3.63) is 17.0 Å². The number of nitrogens with zero attached hydrogens (tertiary/aromatic N) is 5. The number of aryl methyl sites for hydroxylation is 2. The molecule has 1 saturated heterocycles. The van der Waals surface area contributed by atoms with Crippen molar-refractivity contribution in [2.45, 2.75) is 47.1 Å². The van der Waals surface area contributed by atoms with Crippen LogP contribution in [0.2, 0.25) is 0 Å². The smallest absolute Gasteiger partial charge is 0.191 e. The maximum Gasteiger partial charge on any atom is 0.191 e. The van der Waals surface area contributed by atoms with Gasteiger partial charge in [-0.15, -0.1) is 0 Å². The number of guanidine groups is 1. The normalized spacial score (nSPS) is 17.9. The van der Waals surface area contributed by atoms with Gasteiger partial charge >= 0.3 is 0 Å². The van der Waals surface area contributed by atoms with Gasteiger partial charge in [0.1, 0.15) is 0 Å². The fraction of sp³-hybridized carbons (Fsp3) is 0.800. The van der Waals surface area contributed by atoms with Crippen LogP contribution in [0.1, 0.15) is 37.7 Å². The van der Waals surface area contributed by atoms with E-state index in [2.05, 4.69) is 60.2 Å². The number of aliphatic imine (C=N–C) groups is 1. The molecular weight excluding hydrogens is 338 g/mol. The van der Waals surface area contributed by atoms with E-state index in [1.165, 1.54) is 24.3 Å². The van der Waals surface area contributed by atoms with Crippen molar-refractivity contribution in [3.63, 3.8) is 0 Å². The average molecular weight is 378 g/mol. The van der Waals surface area contributed by atoms with Gasteiger partial charge in [0.05, 0.1) is 12.2 Å². The maximum absolute atomic E-state index is 4.80. The average Bonchev–Trinajstić information content (AvgIpc) is 2.88. The van der Waals surface area contributed by atoms with Crippen molar-refractivity contribution in [1.82, 2.24) is 30.2 Å². The van der Waals surface area contributed by atoms with Gasteiger partial charge in [0.15, 0.2) is 5.96 Å². The monoisotopic (exact) mass is 377 g/mol. The summed E-state index contributed by atoms with van der Waals surface area (Å²) < 4.78 is 1.97. The molecule has 2 heterocycles. The van der Waals surface area contributed by atoms with Crippen molar-refractivity contribution in [2.75, 3.05) is 52.4 Å². The Balaban J connectivity index is 1.83. The summed E-state index contributed by atoms with van der Waals surface area (Å²) in [6.45, 7) is 19.4. The summed E-state index contributed by atoms with van der Waals surface area (Å²) in [5.41, 5.74) is 3.70. The molecule has 27 heavy (non-hydrogen) atoms. The topological polar surface area (TPSA) is 60.7 Å². The second kappa shape index (κ2) is 10.7. The van der Waals surface area contributed by atoms with Crippen molar-refractivity contribution >= 4 is 5.96 Å². The van der Waals surface area contributed by atoms with E-state index in [0.29, 0.717) is 6.04 Å². The highest BCUT2D eigenvalue weighted by Crippen LogP contribution is 2.14. The van der Waals surface area contributed by atoms with Crippen molar-refractivity contribution in [3.8, 4) is 0 Å². The zero-order valence-electron chi connectivity index (χ0n) is 18.2. The number of likely N-dealkylation sites (N-methyl/N-ethyl adjacent to an activating group) is 1. The molecule has 0 bridgehead atoms. The van der Waals surface area contributed by atoms with Crippen LogP contribution in [-0.2, 0) is 13.5 Å². The molecule has 1 atom stereocenters. The van der Waals surface area contributed by atoms with Crippen LogP contribution in [0.5, 0.6) is 0 Å². The predicted molar refractivity (Wildman–Crippen MR) is 114 cm³/mol. The van der Waals surface area contributed by atoms with Crippen LogP contribution in [0, 0.1) is 13.8 Å². The van der Waals surface area contributed by atoms with Crippen LogP contribution in [-0.4, -0.2) is 83.9 Å². The SMILES string of the molecule is CCNC(=NCCN1CCN(CC)CC1)NC(C)Cc1c(C)nn(C)c1C. The van der Waals surface area contributed by atoms with Crippen LogP contribution < -0.4 is 10.6 Å². The maximum atomic E-state index is 4.80. The number of nitrogens with one attached hydrogen (secondary N) is 2. The Kier molecular flexibility index (Phi) is 8.57. The molecule has 0 aliphatic carbocycles. The number of hydrogen-bond acceptors (Lipinski definition) is 4. The molecule has 0 saturated carbocycles. The highest BCUT2D eigenvalue weighted by Gasteiger charge is 2.16. The lowest BCUT2D eigenvalue weighted by molar-refractivity contribution is 0.140. The fourth-order valence-corrected chi connectivity index (χ4v) is 3.66. The standard InChI is InChI=1S/C20H39N7/c1-7-21-20(22-9-10-27-13-11-26(8-2)12-14-27)23-16(3)15-19-17(4)24-25(6)18(19)5/h16H,7-15H2,1-6H3,(H2,21,22,23). The highest BCUT2D eigenvalue weighted by molar-refractivity contribution is 5.80. The zero-order chi connectivity index (χ0) is 19.8. The van der Waals surface area contributed by atoms with E-state index in [1.807, 2.05) is 11.7 Å². The van der Waals surface area contributed by atoms with E-state index in [4.69, 9.17) is 4.99 Å². The Bertz CT molecular complexity index is 600. The van der Waals surface area contributed by atoms with Gasteiger partial charge in [-0.2, -0.15) is 5.10 Å². The van der Waals surface area contributed by atoms with E-state index in [1.54, 1.807) is 0 Å². The van der Waals surface area contributed by atoms with Crippen LogP contribution in [0.4, 0.5) is 0 Å². The first kappa shape index (κ1) is 21.7. The minimum absolute atomic E-state index is 0.303. The second-order valence-corrected chi connectivity index (χ2v) is 7.56. The molecule has 0 amide bonds. The first-order chi connectivity index (χ1) is 12.9. The zero-order valence-corrected chi connectivity index (χ0v) is 18.2. The van der Waals surface area contributed by atoms with E-state index < -0.39 is 0 Å². The first-order valence-corrected chi connectivity index (χ1v) is 10.4. The van der Waals surface area contributed by atoms with Crippen LogP contribution in [0.25, 0.3) is 0 Å². The predicted octanol–water partition coefficient (Wildman–Crippen LogP) is 1.16. The van der Waals surface area contributed by atoms with Crippen molar-refractivity contribution < 1.29 is 0 Å². The minimum atomic E-state index is 0.303. The van der Waals surface area contributed by atoms with E-state index >= 15 is 0 Å². The molecule has 7 heteroatoms. The molecule has 1 aliphatic rings. The Hall–Kier alpha value is -1.60. The third-order valence-electron chi connectivity index (χ3n) is 5.49. The van der Waals surface area contributed by atoms with E-state index in [0.717, 1.165) is 57.3 Å². The second-order valence-electron chi connectivity index (χ2n) is 7.56. The molecule has 7 nitrogen and oxygen atoms in total. The molecular formula is C20H39N7. The van der Waals surface area contributed by atoms with Gasteiger partial charge in [-0.1, -0.05) is 6.92 Å². The summed E-state index contributed by atoms with van der Waals surface area (Å²) >= 11 is 0. The summed E-state index contributed by atoms with van der Waals surface area (Å²) in [5.74, 6) is 0.913. The summed E-state index contributed by atoms with van der Waals surface area (Å²) in [6.07, 6.45) is 0.953. The van der Waals surface area contributed by atoms with Crippen molar-refractivity contribution in [1.29, 1.82) is 0 Å². The lowest BCUT2D eigenvalue weighted by Gasteiger charge is -2.33. The summed E-state index contributed by atoms with van der Waals surface area (Å²) in [6, 6.07) is 0.303. The third kappa shape index (κ3) is 6.50. The Morgan fingerprint density at radius 3 is 2.37 bits per heavy atom. The molecule has 1 aromatic heterocycles. The number of rotatable bonds is 8. The van der Waals surface area contributed by atoms with Gasteiger partial charge in [0.2, 0.25) is 0 Å². The van der Waals surface area contributed by atoms with Gasteiger partial charge in [-0.3, -0.25) is 14.6 Å². The Morgan fingerprint density at radius 1 is 1.15 bits per heavy atom. The highest BCUT2D eigenvalue weighted by atomic mass is 15.3. The number of aromatic nitrogens is 2. The summed E-state index contributed by atoms with van der Waals surface area (Å²) in [4.78, 5) is 9.83. The van der Waals surface area contributed by atoms with E-state index in [9.17, 15) is 0 Å². The van der Waals surface area contributed by atoms with Crippen LogP contribution in [0.15, 0.2) is 4.99 Å². The summed E-state index contributed by atoms with van der Waals surface area (Å²) in [7, 11) is 2.01. The molecule has 2 N–H and O–H groups in total. The molecule has 0 spiro atoms. The van der Waals surface area contributed by atoms with E-state index in [-0.39, 0.29) is 0 Å². The number of hydrogen-bond donors (Lipinski definition) is 2. The molecule has 2 rings (SSSR count). The number of piperazine rings is 1. The third-order valence-corrected chi connectivity index (χ3v) is 5.49. The fourth-order valence-electron chi connectivity index (χ4n) is 3.66. The molecule has 1 aromatic rings. The largest absolute Gasteiger partial charge is 0.357 e. The van der Waals surface area contributed by atoms with Gasteiger partial charge in [-0.05, 0) is 46.2 Å². The van der Waals surface area contributed by atoms with Crippen LogP contribution >= 0.6 is 0 Å². The first-order valence-electron chi connectivity index (χ1n) is 10.4. The van der Waals surface area contributed by atoms with Gasteiger partial charge in [0, 0.05) is 58.1 Å². The lowest BCUT2D eigenvalue weighted by atomic mass is 10.1. The Morgan fingerprint density at radius 2 is 1.81 bits per heavy atom. The molecule has 0 aromatic carbocycles. The summed E-state index contributed by atoms with van der Waals surface area (Å²) in [5, 5.41) is 11.5. The van der Waals surface area contributed by atoms with Crippen LogP contribution in [0.3, 0.4) is 0 Å². The molecule has 0 radical (unpaired) electrons. The minimum Gasteiger partial charge on any atom is -0.357 e. The molecule has 1 unspecified atom stereocenters.